The van der Waals surface area contributed by atoms with Gasteiger partial charge in [0, 0.05) is 0 Å². The van der Waals surface area contributed by atoms with Gasteiger partial charge in [-0.3, -0.25) is 9.59 Å². The maximum Gasteiger partial charge on any atom is 0.203 e. The minimum absolute atomic E-state index is 0.232. The van der Waals surface area contributed by atoms with Gasteiger partial charge in [0.05, 0.1) is 12.0 Å². The molecule has 0 rings (SSSR count). The highest BCUT2D eigenvalue weighted by atomic mass is 16.3. The van der Waals surface area contributed by atoms with Crippen LogP contribution in [0.1, 0.15) is 13.8 Å². The third-order valence-electron chi connectivity index (χ3n) is 1.17. The molecule has 0 aromatic rings. The maximum atomic E-state index is 10.5. The van der Waals surface area contributed by atoms with Crippen molar-refractivity contribution in [1.82, 2.24) is 0 Å². The standard InChI is InChI=1S/C6H10O3/c1-6(2,4-8)5(9)3-7/h3,8H,4H2,1-2H3. The Hall–Kier alpha value is -0.700. The maximum absolute atomic E-state index is 10.5. The van der Waals surface area contributed by atoms with E-state index in [0.29, 0.717) is 0 Å². The lowest BCUT2D eigenvalue weighted by atomic mass is 9.90. The fourth-order valence-electron chi connectivity index (χ4n) is 0.237. The number of hydrogen-bond acceptors (Lipinski definition) is 3. The van der Waals surface area contributed by atoms with Crippen LogP contribution < -0.4 is 0 Å². The molecule has 0 saturated carbocycles. The van der Waals surface area contributed by atoms with Crippen LogP contribution in [0.5, 0.6) is 0 Å². The van der Waals surface area contributed by atoms with Gasteiger partial charge < -0.3 is 5.11 Å². The molecule has 1 N–H and O–H groups in total. The third kappa shape index (κ3) is 1.93. The van der Waals surface area contributed by atoms with Crippen LogP contribution >= 0.6 is 0 Å². The zero-order chi connectivity index (χ0) is 7.49. The molecule has 0 spiro atoms. The largest absolute Gasteiger partial charge is 0.395 e. The van der Waals surface area contributed by atoms with Crippen molar-refractivity contribution < 1.29 is 14.7 Å². The first-order valence-corrected chi connectivity index (χ1v) is 2.65. The topological polar surface area (TPSA) is 54.4 Å². The summed E-state index contributed by atoms with van der Waals surface area (Å²) < 4.78 is 0. The van der Waals surface area contributed by atoms with Gasteiger partial charge in [0.1, 0.15) is 0 Å². The van der Waals surface area contributed by atoms with Gasteiger partial charge in [-0.2, -0.15) is 0 Å². The summed E-state index contributed by atoms with van der Waals surface area (Å²) in [6, 6.07) is 0. The van der Waals surface area contributed by atoms with E-state index in [1.165, 1.54) is 13.8 Å². The molecule has 0 aromatic carbocycles. The van der Waals surface area contributed by atoms with Crippen LogP contribution in [0.3, 0.4) is 0 Å². The fraction of sp³-hybridized carbons (Fsp3) is 0.667. The van der Waals surface area contributed by atoms with Crippen molar-refractivity contribution >= 4 is 12.1 Å². The molecule has 0 aliphatic heterocycles. The van der Waals surface area contributed by atoms with Crippen molar-refractivity contribution in [1.29, 1.82) is 0 Å². The second kappa shape index (κ2) is 2.73. The van der Waals surface area contributed by atoms with E-state index in [0.717, 1.165) is 0 Å². The number of ketones is 1. The van der Waals surface area contributed by atoms with Crippen molar-refractivity contribution in [3.05, 3.63) is 0 Å². The van der Waals surface area contributed by atoms with Gasteiger partial charge in [-0.25, -0.2) is 0 Å². The summed E-state index contributed by atoms with van der Waals surface area (Å²) in [6.45, 7) is 2.75. The molecule has 52 valence electrons. The Morgan fingerprint density at radius 1 is 1.67 bits per heavy atom. The quantitative estimate of drug-likeness (QED) is 0.424. The molecule has 0 aliphatic carbocycles. The number of aliphatic hydroxyl groups excluding tert-OH is 1. The Labute approximate surface area is 53.7 Å². The molecule has 0 aromatic heterocycles. The van der Waals surface area contributed by atoms with Crippen LogP contribution in [0.4, 0.5) is 0 Å². The van der Waals surface area contributed by atoms with E-state index in [1.807, 2.05) is 0 Å². The number of aldehydes is 1. The van der Waals surface area contributed by atoms with E-state index in [4.69, 9.17) is 5.11 Å². The summed E-state index contributed by atoms with van der Waals surface area (Å²) in [5.41, 5.74) is -0.901. The predicted molar refractivity (Wildman–Crippen MR) is 31.9 cm³/mol. The molecule has 0 fully saturated rings. The second-order valence-corrected chi connectivity index (χ2v) is 2.52. The molecule has 0 unspecified atom stereocenters. The minimum atomic E-state index is -0.901. The van der Waals surface area contributed by atoms with Crippen molar-refractivity contribution in [3.8, 4) is 0 Å². The van der Waals surface area contributed by atoms with Gasteiger partial charge in [-0.05, 0) is 0 Å². The van der Waals surface area contributed by atoms with E-state index in [9.17, 15) is 9.59 Å². The summed E-state index contributed by atoms with van der Waals surface area (Å²) in [5, 5.41) is 8.52. The lowest BCUT2D eigenvalue weighted by Crippen LogP contribution is -2.28. The van der Waals surface area contributed by atoms with Crippen molar-refractivity contribution in [2.45, 2.75) is 13.8 Å². The molecule has 0 heterocycles. The van der Waals surface area contributed by atoms with E-state index < -0.39 is 11.2 Å². The number of Topliss-reactive ketones (excluding diaryl/α,β-unsaturated/α-hetero) is 1. The molecule has 0 aliphatic rings. The normalized spacial score (nSPS) is 11.0. The monoisotopic (exact) mass is 130 g/mol. The highest BCUT2D eigenvalue weighted by Gasteiger charge is 2.25. The Kier molecular flexibility index (Phi) is 2.52. The lowest BCUT2D eigenvalue weighted by molar-refractivity contribution is -0.137. The first kappa shape index (κ1) is 8.30. The van der Waals surface area contributed by atoms with Crippen molar-refractivity contribution in [2.24, 2.45) is 5.41 Å². The van der Waals surface area contributed by atoms with Gasteiger partial charge in [0.2, 0.25) is 5.78 Å². The lowest BCUT2D eigenvalue weighted by Gasteiger charge is -2.14. The van der Waals surface area contributed by atoms with Crippen molar-refractivity contribution in [3.63, 3.8) is 0 Å². The smallest absolute Gasteiger partial charge is 0.203 e. The summed E-state index contributed by atoms with van der Waals surface area (Å²) in [4.78, 5) is 20.4. The first-order valence-electron chi connectivity index (χ1n) is 2.65. The number of carbonyl (C=O) groups excluding carboxylic acids is 2. The number of hydrogen-bond donors (Lipinski definition) is 1. The first-order chi connectivity index (χ1) is 4.04. The van der Waals surface area contributed by atoms with Crippen LogP contribution in [0.2, 0.25) is 0 Å². The average molecular weight is 130 g/mol. The number of rotatable bonds is 3. The highest BCUT2D eigenvalue weighted by molar-refractivity contribution is 6.27. The highest BCUT2D eigenvalue weighted by Crippen LogP contribution is 2.12. The van der Waals surface area contributed by atoms with E-state index in [2.05, 4.69) is 0 Å². The van der Waals surface area contributed by atoms with Gasteiger partial charge in [0.15, 0.2) is 6.29 Å². The van der Waals surface area contributed by atoms with E-state index >= 15 is 0 Å². The molecule has 0 radical (unpaired) electrons. The third-order valence-corrected chi connectivity index (χ3v) is 1.17. The molecule has 9 heavy (non-hydrogen) atoms. The van der Waals surface area contributed by atoms with Crippen LogP contribution in [0.25, 0.3) is 0 Å². The summed E-state index contributed by atoms with van der Waals surface area (Å²) in [6.07, 6.45) is 0.232. The predicted octanol–water partition coefficient (Wildman–Crippen LogP) is -0.227. The average Bonchev–Trinajstić information content (AvgIpc) is 1.86. The van der Waals surface area contributed by atoms with Crippen LogP contribution in [0, 0.1) is 5.41 Å². The molecule has 0 atom stereocenters. The molecule has 0 saturated heterocycles. The van der Waals surface area contributed by atoms with Gasteiger partial charge in [0.25, 0.3) is 0 Å². The second-order valence-electron chi connectivity index (χ2n) is 2.52. The zero-order valence-corrected chi connectivity index (χ0v) is 5.55. The van der Waals surface area contributed by atoms with Crippen LogP contribution in [0.15, 0.2) is 0 Å². The number of aliphatic hydroxyl groups is 1. The Morgan fingerprint density at radius 2 is 2.11 bits per heavy atom. The van der Waals surface area contributed by atoms with E-state index in [-0.39, 0.29) is 12.9 Å². The summed E-state index contributed by atoms with van der Waals surface area (Å²) in [5.74, 6) is -0.565. The van der Waals surface area contributed by atoms with Crippen LogP contribution in [-0.4, -0.2) is 23.8 Å². The van der Waals surface area contributed by atoms with Gasteiger partial charge in [-0.15, -0.1) is 0 Å². The minimum Gasteiger partial charge on any atom is -0.395 e. The van der Waals surface area contributed by atoms with Gasteiger partial charge in [-0.1, -0.05) is 13.8 Å². The molecular weight excluding hydrogens is 120 g/mol. The number of carbonyl (C=O) groups is 2. The van der Waals surface area contributed by atoms with Crippen molar-refractivity contribution in [2.75, 3.05) is 6.61 Å². The molecule has 3 nitrogen and oxygen atoms in total. The zero-order valence-electron chi connectivity index (χ0n) is 5.55. The molecule has 3 heteroatoms. The summed E-state index contributed by atoms with van der Waals surface area (Å²) >= 11 is 0. The fourth-order valence-corrected chi connectivity index (χ4v) is 0.237. The van der Waals surface area contributed by atoms with E-state index in [1.54, 1.807) is 0 Å². The Bertz CT molecular complexity index is 126. The SMILES string of the molecule is CC(C)(CO)C(=O)C=O. The Balaban J connectivity index is 4.13. The molecule has 0 amide bonds. The summed E-state index contributed by atoms with van der Waals surface area (Å²) in [7, 11) is 0. The van der Waals surface area contributed by atoms with Gasteiger partial charge >= 0.3 is 0 Å². The Morgan fingerprint density at radius 3 is 2.22 bits per heavy atom. The van der Waals surface area contributed by atoms with Crippen LogP contribution in [-0.2, 0) is 9.59 Å². The molecular formula is C6H10O3. The molecule has 0 bridgehead atoms.